The summed E-state index contributed by atoms with van der Waals surface area (Å²) in [7, 11) is 0. The van der Waals surface area contributed by atoms with Gasteiger partial charge in [0.15, 0.2) is 0 Å². The first-order valence-corrected chi connectivity index (χ1v) is 6.06. The van der Waals surface area contributed by atoms with E-state index in [2.05, 4.69) is 26.1 Å². The molecule has 0 heterocycles. The van der Waals surface area contributed by atoms with Gasteiger partial charge in [-0.05, 0) is 37.8 Å². The summed E-state index contributed by atoms with van der Waals surface area (Å²) in [5.74, 6) is 1.43. The molecular formula is C12H27NO. The second kappa shape index (κ2) is 9.47. The lowest BCUT2D eigenvalue weighted by molar-refractivity contribution is 0.250. The van der Waals surface area contributed by atoms with Crippen LogP contribution in [0.5, 0.6) is 0 Å². The molecule has 0 amide bonds. The maximum absolute atomic E-state index is 8.83. The molecule has 2 N–H and O–H groups in total. The van der Waals surface area contributed by atoms with Crippen molar-refractivity contribution in [2.75, 3.05) is 19.7 Å². The smallest absolute Gasteiger partial charge is 0.0434 e. The molecule has 2 heteroatoms. The second-order valence-electron chi connectivity index (χ2n) is 4.34. The van der Waals surface area contributed by atoms with Gasteiger partial charge in [-0.15, -0.1) is 0 Å². The van der Waals surface area contributed by atoms with Crippen LogP contribution in [0.2, 0.25) is 0 Å². The highest BCUT2D eigenvalue weighted by Gasteiger charge is 2.06. The van der Waals surface area contributed by atoms with Gasteiger partial charge in [0, 0.05) is 6.61 Å². The van der Waals surface area contributed by atoms with Gasteiger partial charge >= 0.3 is 0 Å². The number of hydrogen-bond donors (Lipinski definition) is 2. The molecule has 86 valence electrons. The topological polar surface area (TPSA) is 32.3 Å². The van der Waals surface area contributed by atoms with Gasteiger partial charge in [-0.25, -0.2) is 0 Å². The quantitative estimate of drug-likeness (QED) is 0.600. The van der Waals surface area contributed by atoms with Crippen LogP contribution in [0.25, 0.3) is 0 Å². The highest BCUT2D eigenvalue weighted by molar-refractivity contribution is 4.62. The molecule has 0 rings (SSSR count). The monoisotopic (exact) mass is 201 g/mol. The summed E-state index contributed by atoms with van der Waals surface area (Å²) < 4.78 is 0. The van der Waals surface area contributed by atoms with Crippen molar-refractivity contribution < 1.29 is 5.11 Å². The van der Waals surface area contributed by atoms with Gasteiger partial charge in [0.1, 0.15) is 0 Å². The van der Waals surface area contributed by atoms with E-state index < -0.39 is 0 Å². The molecule has 0 saturated carbocycles. The van der Waals surface area contributed by atoms with Crippen molar-refractivity contribution in [2.24, 2.45) is 11.8 Å². The normalized spacial score (nSPS) is 15.4. The van der Waals surface area contributed by atoms with Crippen molar-refractivity contribution >= 4 is 0 Å². The molecule has 0 aromatic heterocycles. The van der Waals surface area contributed by atoms with Gasteiger partial charge in [-0.3, -0.25) is 0 Å². The molecule has 0 aromatic rings. The van der Waals surface area contributed by atoms with Gasteiger partial charge in [0.25, 0.3) is 0 Å². The third-order valence-corrected chi connectivity index (χ3v) is 2.82. The van der Waals surface area contributed by atoms with Gasteiger partial charge < -0.3 is 10.4 Å². The summed E-state index contributed by atoms with van der Waals surface area (Å²) in [5.41, 5.74) is 0. The van der Waals surface area contributed by atoms with Crippen molar-refractivity contribution in [1.29, 1.82) is 0 Å². The molecule has 0 aliphatic heterocycles. The Bertz CT molecular complexity index is 117. The van der Waals surface area contributed by atoms with E-state index in [9.17, 15) is 0 Å². The molecule has 0 bridgehead atoms. The number of aliphatic hydroxyl groups excluding tert-OH is 1. The van der Waals surface area contributed by atoms with E-state index in [-0.39, 0.29) is 0 Å². The molecule has 14 heavy (non-hydrogen) atoms. The number of hydrogen-bond acceptors (Lipinski definition) is 2. The zero-order valence-electron chi connectivity index (χ0n) is 10.1. The zero-order chi connectivity index (χ0) is 10.8. The van der Waals surface area contributed by atoms with Crippen molar-refractivity contribution in [3.05, 3.63) is 0 Å². The Labute approximate surface area is 89.1 Å². The van der Waals surface area contributed by atoms with Crippen molar-refractivity contribution in [3.8, 4) is 0 Å². The lowest BCUT2D eigenvalue weighted by Gasteiger charge is -2.16. The first-order chi connectivity index (χ1) is 6.74. The van der Waals surface area contributed by atoms with Crippen LogP contribution in [0.3, 0.4) is 0 Å². The number of rotatable bonds is 9. The average molecular weight is 201 g/mol. The summed E-state index contributed by atoms with van der Waals surface area (Å²) >= 11 is 0. The van der Waals surface area contributed by atoms with Crippen LogP contribution in [-0.4, -0.2) is 24.8 Å². The SMILES string of the molecule is CCCC(C)CNCC(CC)CCO. The fourth-order valence-electron chi connectivity index (χ4n) is 1.76. The molecule has 0 fully saturated rings. The van der Waals surface area contributed by atoms with E-state index in [0.717, 1.165) is 31.8 Å². The molecule has 2 nitrogen and oxygen atoms in total. The highest BCUT2D eigenvalue weighted by atomic mass is 16.3. The molecule has 2 atom stereocenters. The Morgan fingerprint density at radius 2 is 1.86 bits per heavy atom. The van der Waals surface area contributed by atoms with Crippen molar-refractivity contribution in [3.63, 3.8) is 0 Å². The first kappa shape index (κ1) is 13.9. The van der Waals surface area contributed by atoms with Gasteiger partial charge in [-0.1, -0.05) is 33.6 Å². The van der Waals surface area contributed by atoms with Gasteiger partial charge in [0.05, 0.1) is 0 Å². The molecule has 0 aromatic carbocycles. The van der Waals surface area contributed by atoms with Crippen LogP contribution >= 0.6 is 0 Å². The van der Waals surface area contributed by atoms with Crippen molar-refractivity contribution in [2.45, 2.75) is 46.5 Å². The van der Waals surface area contributed by atoms with Crippen LogP contribution in [0.15, 0.2) is 0 Å². The minimum absolute atomic E-state index is 0.324. The van der Waals surface area contributed by atoms with Gasteiger partial charge in [0.2, 0.25) is 0 Å². The summed E-state index contributed by atoms with van der Waals surface area (Å²) in [5, 5.41) is 12.3. The molecular weight excluding hydrogens is 174 g/mol. The lowest BCUT2D eigenvalue weighted by Crippen LogP contribution is -2.27. The fourth-order valence-corrected chi connectivity index (χ4v) is 1.76. The Morgan fingerprint density at radius 3 is 2.36 bits per heavy atom. The molecule has 0 radical (unpaired) electrons. The van der Waals surface area contributed by atoms with E-state index in [1.807, 2.05) is 0 Å². The van der Waals surface area contributed by atoms with E-state index in [4.69, 9.17) is 5.11 Å². The molecule has 2 unspecified atom stereocenters. The Kier molecular flexibility index (Phi) is 9.42. The van der Waals surface area contributed by atoms with E-state index in [0.29, 0.717) is 12.5 Å². The molecule has 0 aliphatic carbocycles. The van der Waals surface area contributed by atoms with Crippen LogP contribution in [-0.2, 0) is 0 Å². The summed E-state index contributed by atoms with van der Waals surface area (Å²) in [4.78, 5) is 0. The predicted octanol–water partition coefficient (Wildman–Crippen LogP) is 2.42. The minimum atomic E-state index is 0.324. The largest absolute Gasteiger partial charge is 0.396 e. The molecule has 0 aliphatic rings. The molecule has 0 saturated heterocycles. The zero-order valence-corrected chi connectivity index (χ0v) is 10.1. The fraction of sp³-hybridized carbons (Fsp3) is 1.00. The average Bonchev–Trinajstić information content (AvgIpc) is 2.17. The lowest BCUT2D eigenvalue weighted by atomic mass is 10.0. The number of nitrogens with one attached hydrogen (secondary N) is 1. The molecule has 0 spiro atoms. The van der Waals surface area contributed by atoms with Crippen LogP contribution in [0.1, 0.15) is 46.5 Å². The van der Waals surface area contributed by atoms with Crippen molar-refractivity contribution in [1.82, 2.24) is 5.32 Å². The number of aliphatic hydroxyl groups is 1. The van der Waals surface area contributed by atoms with E-state index in [1.165, 1.54) is 12.8 Å². The highest BCUT2D eigenvalue weighted by Crippen LogP contribution is 2.07. The first-order valence-electron chi connectivity index (χ1n) is 6.06. The van der Waals surface area contributed by atoms with Crippen LogP contribution in [0.4, 0.5) is 0 Å². The van der Waals surface area contributed by atoms with E-state index >= 15 is 0 Å². The maximum Gasteiger partial charge on any atom is 0.0434 e. The Balaban J connectivity index is 3.40. The Morgan fingerprint density at radius 1 is 1.14 bits per heavy atom. The van der Waals surface area contributed by atoms with Crippen LogP contribution < -0.4 is 5.32 Å². The predicted molar refractivity (Wildman–Crippen MR) is 62.4 cm³/mol. The van der Waals surface area contributed by atoms with E-state index in [1.54, 1.807) is 0 Å². The summed E-state index contributed by atoms with van der Waals surface area (Å²) in [6.07, 6.45) is 4.68. The standard InChI is InChI=1S/C12H27NO/c1-4-6-11(3)9-13-10-12(5-2)7-8-14/h11-14H,4-10H2,1-3H3. The third kappa shape index (κ3) is 7.34. The second-order valence-corrected chi connectivity index (χ2v) is 4.34. The summed E-state index contributed by atoms with van der Waals surface area (Å²) in [6, 6.07) is 0. The minimum Gasteiger partial charge on any atom is -0.396 e. The van der Waals surface area contributed by atoms with Crippen LogP contribution in [0, 0.1) is 11.8 Å². The summed E-state index contributed by atoms with van der Waals surface area (Å²) in [6.45, 7) is 9.23. The maximum atomic E-state index is 8.83. The van der Waals surface area contributed by atoms with Gasteiger partial charge in [-0.2, -0.15) is 0 Å². The third-order valence-electron chi connectivity index (χ3n) is 2.82. The Hall–Kier alpha value is -0.0800.